The minimum atomic E-state index is -3.62. The van der Waals surface area contributed by atoms with Crippen molar-refractivity contribution >= 4 is 27.6 Å². The van der Waals surface area contributed by atoms with Gasteiger partial charge in [-0.1, -0.05) is 42.5 Å². The lowest BCUT2D eigenvalue weighted by Gasteiger charge is -2.09. The van der Waals surface area contributed by atoms with Gasteiger partial charge in [0.2, 0.25) is 15.9 Å². The summed E-state index contributed by atoms with van der Waals surface area (Å²) in [7, 11) is -2.31. The molecule has 0 unspecified atom stereocenters. The summed E-state index contributed by atoms with van der Waals surface area (Å²) in [5.74, 6) is -0.624. The van der Waals surface area contributed by atoms with Gasteiger partial charge in [-0.3, -0.25) is 4.79 Å². The molecule has 0 heterocycles. The van der Waals surface area contributed by atoms with Crippen molar-refractivity contribution in [2.45, 2.75) is 24.3 Å². The molecule has 1 amide bonds. The van der Waals surface area contributed by atoms with Crippen molar-refractivity contribution in [3.8, 4) is 0 Å². The first-order valence-corrected chi connectivity index (χ1v) is 11.5. The molecule has 0 atom stereocenters. The van der Waals surface area contributed by atoms with Crippen LogP contribution in [0.25, 0.3) is 0 Å². The zero-order valence-electron chi connectivity index (χ0n) is 17.6. The molecule has 7 nitrogen and oxygen atoms in total. The molecule has 0 spiro atoms. The number of esters is 1. The first kappa shape index (κ1) is 23.2. The van der Waals surface area contributed by atoms with Crippen molar-refractivity contribution in [2.75, 3.05) is 12.4 Å². The highest BCUT2D eigenvalue weighted by Gasteiger charge is 2.14. The van der Waals surface area contributed by atoms with Crippen molar-refractivity contribution in [3.05, 3.63) is 95.6 Å². The van der Waals surface area contributed by atoms with Crippen LogP contribution in [-0.4, -0.2) is 27.4 Å². The molecule has 0 fully saturated rings. The molecule has 0 bridgehead atoms. The van der Waals surface area contributed by atoms with Crippen LogP contribution in [0.15, 0.2) is 83.8 Å². The molecule has 0 aromatic heterocycles. The van der Waals surface area contributed by atoms with Gasteiger partial charge in [-0.05, 0) is 53.9 Å². The van der Waals surface area contributed by atoms with Gasteiger partial charge in [0.1, 0.15) is 0 Å². The van der Waals surface area contributed by atoms with Crippen LogP contribution >= 0.6 is 0 Å². The molecule has 166 valence electrons. The number of carbonyl (C=O) groups excluding carboxylic acids is 2. The number of rotatable bonds is 9. The van der Waals surface area contributed by atoms with Crippen molar-refractivity contribution in [1.82, 2.24) is 4.72 Å². The normalized spacial score (nSPS) is 11.0. The Morgan fingerprint density at radius 3 is 2.12 bits per heavy atom. The summed E-state index contributed by atoms with van der Waals surface area (Å²) in [6, 6.07) is 22.2. The van der Waals surface area contributed by atoms with E-state index in [1.54, 1.807) is 36.4 Å². The lowest BCUT2D eigenvalue weighted by Crippen LogP contribution is -2.23. The van der Waals surface area contributed by atoms with Crippen LogP contribution in [0.3, 0.4) is 0 Å². The SMILES string of the molecule is COC(=O)c1ccc(NC(=O)CCc2ccc(S(=O)(=O)NCc3ccccc3)cc2)cc1. The number of anilines is 1. The highest BCUT2D eigenvalue weighted by molar-refractivity contribution is 7.89. The summed E-state index contributed by atoms with van der Waals surface area (Å²) in [4.78, 5) is 23.8. The topological polar surface area (TPSA) is 102 Å². The van der Waals surface area contributed by atoms with E-state index in [-0.39, 0.29) is 23.8 Å². The van der Waals surface area contributed by atoms with E-state index in [1.165, 1.54) is 19.2 Å². The van der Waals surface area contributed by atoms with Crippen LogP contribution in [-0.2, 0) is 32.5 Å². The molecule has 3 aromatic carbocycles. The number of amides is 1. The minimum absolute atomic E-state index is 0.173. The average molecular weight is 453 g/mol. The molecule has 0 aliphatic carbocycles. The zero-order chi connectivity index (χ0) is 23.0. The number of sulfonamides is 1. The summed E-state index contributed by atoms with van der Waals surface area (Å²) >= 11 is 0. The second-order valence-corrected chi connectivity index (χ2v) is 8.84. The van der Waals surface area contributed by atoms with Crippen molar-refractivity contribution in [2.24, 2.45) is 0 Å². The predicted molar refractivity (Wildman–Crippen MR) is 122 cm³/mol. The van der Waals surface area contributed by atoms with E-state index >= 15 is 0 Å². The molecule has 2 N–H and O–H groups in total. The molecule has 32 heavy (non-hydrogen) atoms. The van der Waals surface area contributed by atoms with Gasteiger partial charge in [0.15, 0.2) is 0 Å². The number of hydrogen-bond donors (Lipinski definition) is 2. The summed E-state index contributed by atoms with van der Waals surface area (Å²) in [5.41, 5.74) is 2.70. The Balaban J connectivity index is 1.50. The second kappa shape index (κ2) is 10.7. The van der Waals surface area contributed by atoms with Crippen LogP contribution in [0.1, 0.15) is 27.9 Å². The summed E-state index contributed by atoms with van der Waals surface area (Å²) in [5, 5.41) is 2.77. The third kappa shape index (κ3) is 6.50. The quantitative estimate of drug-likeness (QED) is 0.484. The largest absolute Gasteiger partial charge is 0.465 e. The van der Waals surface area contributed by atoms with E-state index in [9.17, 15) is 18.0 Å². The predicted octanol–water partition coefficient (Wildman–Crippen LogP) is 3.52. The molecule has 0 saturated carbocycles. The molecular weight excluding hydrogens is 428 g/mol. The molecular formula is C24H24N2O5S. The fourth-order valence-electron chi connectivity index (χ4n) is 2.98. The monoisotopic (exact) mass is 452 g/mol. The fourth-order valence-corrected chi connectivity index (χ4v) is 4.00. The molecule has 0 radical (unpaired) electrons. The van der Waals surface area contributed by atoms with Gasteiger partial charge < -0.3 is 10.1 Å². The fraction of sp³-hybridized carbons (Fsp3) is 0.167. The molecule has 0 aliphatic rings. The second-order valence-electron chi connectivity index (χ2n) is 7.07. The number of ether oxygens (including phenoxy) is 1. The maximum Gasteiger partial charge on any atom is 0.337 e. The van der Waals surface area contributed by atoms with Crippen LogP contribution in [0.2, 0.25) is 0 Å². The Bertz CT molecular complexity index is 1160. The molecule has 8 heteroatoms. The number of methoxy groups -OCH3 is 1. The lowest BCUT2D eigenvalue weighted by molar-refractivity contribution is -0.116. The molecule has 0 aliphatic heterocycles. The highest BCUT2D eigenvalue weighted by Crippen LogP contribution is 2.14. The Hall–Kier alpha value is -3.49. The standard InChI is InChI=1S/C24H24N2O5S/c1-31-24(28)20-10-12-21(13-11-20)26-23(27)16-9-18-7-14-22(15-8-18)32(29,30)25-17-19-5-3-2-4-6-19/h2-8,10-15,25H,9,16-17H2,1H3,(H,26,27). The van der Waals surface area contributed by atoms with Gasteiger partial charge in [-0.15, -0.1) is 0 Å². The number of benzene rings is 3. The smallest absolute Gasteiger partial charge is 0.337 e. The summed E-state index contributed by atoms with van der Waals surface area (Å²) in [6.45, 7) is 0.214. The number of nitrogens with one attached hydrogen (secondary N) is 2. The minimum Gasteiger partial charge on any atom is -0.465 e. The Morgan fingerprint density at radius 1 is 0.844 bits per heavy atom. The molecule has 3 aromatic rings. The third-order valence-electron chi connectivity index (χ3n) is 4.77. The zero-order valence-corrected chi connectivity index (χ0v) is 18.4. The van der Waals surface area contributed by atoms with Gasteiger partial charge >= 0.3 is 5.97 Å². The number of aryl methyl sites for hydroxylation is 1. The van der Waals surface area contributed by atoms with Crippen LogP contribution < -0.4 is 10.0 Å². The van der Waals surface area contributed by atoms with E-state index in [4.69, 9.17) is 0 Å². The summed E-state index contributed by atoms with van der Waals surface area (Å²) < 4.78 is 32.2. The van der Waals surface area contributed by atoms with Gasteiger partial charge in [0, 0.05) is 18.7 Å². The van der Waals surface area contributed by atoms with E-state index in [0.29, 0.717) is 17.7 Å². The third-order valence-corrected chi connectivity index (χ3v) is 6.19. The Morgan fingerprint density at radius 2 is 1.50 bits per heavy atom. The number of carbonyl (C=O) groups is 2. The van der Waals surface area contributed by atoms with Crippen molar-refractivity contribution < 1.29 is 22.7 Å². The van der Waals surface area contributed by atoms with E-state index in [0.717, 1.165) is 11.1 Å². The van der Waals surface area contributed by atoms with Crippen molar-refractivity contribution in [3.63, 3.8) is 0 Å². The van der Waals surface area contributed by atoms with E-state index in [2.05, 4.69) is 14.8 Å². The Kier molecular flexibility index (Phi) is 7.75. The highest BCUT2D eigenvalue weighted by atomic mass is 32.2. The van der Waals surface area contributed by atoms with Gasteiger partial charge in [0.05, 0.1) is 17.6 Å². The first-order chi connectivity index (χ1) is 15.4. The maximum absolute atomic E-state index is 12.5. The van der Waals surface area contributed by atoms with E-state index in [1.807, 2.05) is 30.3 Å². The number of hydrogen-bond acceptors (Lipinski definition) is 5. The maximum atomic E-state index is 12.5. The van der Waals surface area contributed by atoms with Gasteiger partial charge in [-0.2, -0.15) is 0 Å². The Labute approximate surface area is 187 Å². The molecule has 0 saturated heterocycles. The molecule has 3 rings (SSSR count). The van der Waals surface area contributed by atoms with Crippen LogP contribution in [0.5, 0.6) is 0 Å². The van der Waals surface area contributed by atoms with Gasteiger partial charge in [0.25, 0.3) is 0 Å². The average Bonchev–Trinajstić information content (AvgIpc) is 2.82. The van der Waals surface area contributed by atoms with Gasteiger partial charge in [-0.25, -0.2) is 17.9 Å². The van der Waals surface area contributed by atoms with Crippen LogP contribution in [0.4, 0.5) is 5.69 Å². The summed E-state index contributed by atoms with van der Waals surface area (Å²) in [6.07, 6.45) is 0.695. The van der Waals surface area contributed by atoms with Crippen molar-refractivity contribution in [1.29, 1.82) is 0 Å². The van der Waals surface area contributed by atoms with E-state index < -0.39 is 16.0 Å². The lowest BCUT2D eigenvalue weighted by atomic mass is 10.1. The van der Waals surface area contributed by atoms with Crippen LogP contribution in [0, 0.1) is 0 Å². The first-order valence-electron chi connectivity index (χ1n) is 9.98.